The second-order valence-electron chi connectivity index (χ2n) is 6.30. The van der Waals surface area contributed by atoms with Gasteiger partial charge in [0, 0.05) is 17.0 Å². The van der Waals surface area contributed by atoms with Crippen LogP contribution in [0.5, 0.6) is 0 Å². The van der Waals surface area contributed by atoms with E-state index in [9.17, 15) is 0 Å². The number of pyridine rings is 1. The Morgan fingerprint density at radius 2 is 1.56 bits per heavy atom. The molecule has 1 aromatic carbocycles. The Labute approximate surface area is 160 Å². The van der Waals surface area contributed by atoms with Crippen LogP contribution in [0.2, 0.25) is 0 Å². The zero-order valence-corrected chi connectivity index (χ0v) is 15.4. The third-order valence-electron chi connectivity index (χ3n) is 4.45. The van der Waals surface area contributed by atoms with Gasteiger partial charge in [-0.2, -0.15) is 0 Å². The van der Waals surface area contributed by atoms with Crippen molar-refractivity contribution in [2.45, 2.75) is 6.92 Å². The monoisotopic (exact) mass is 369 g/mol. The van der Waals surface area contributed by atoms with Gasteiger partial charge in [0.1, 0.15) is 11.4 Å². The van der Waals surface area contributed by atoms with E-state index in [0.29, 0.717) is 0 Å². The average molecular weight is 369 g/mol. The van der Waals surface area contributed by atoms with Gasteiger partial charge in [-0.1, -0.05) is 30.3 Å². The Hall–Kier alpha value is -3.31. The smallest absolute Gasteiger partial charge is 0.154 e. The summed E-state index contributed by atoms with van der Waals surface area (Å²) in [6.07, 6.45) is 3.54. The largest absolute Gasteiger partial charge is 0.463 e. The zero-order valence-electron chi connectivity index (χ0n) is 14.6. The van der Waals surface area contributed by atoms with Crippen LogP contribution in [0.4, 0.5) is 0 Å². The van der Waals surface area contributed by atoms with Gasteiger partial charge in [-0.3, -0.25) is 4.98 Å². The third kappa shape index (κ3) is 2.82. The van der Waals surface area contributed by atoms with Gasteiger partial charge in [0.15, 0.2) is 5.76 Å². The van der Waals surface area contributed by atoms with Crippen LogP contribution in [0.15, 0.2) is 77.5 Å². The Morgan fingerprint density at radius 3 is 2.30 bits per heavy atom. The van der Waals surface area contributed by atoms with E-state index in [1.165, 1.54) is 0 Å². The standard InChI is InChI=1S/C22H15N3OS/c1-14-8-9-17(23-13-14)19-10-11-20(27-19)22-16-6-3-2-5-15(16)21(24-25-22)18-7-4-12-26-18/h2-13H,1H3. The van der Waals surface area contributed by atoms with Crippen LogP contribution >= 0.6 is 11.3 Å². The van der Waals surface area contributed by atoms with Gasteiger partial charge in [0.25, 0.3) is 0 Å². The van der Waals surface area contributed by atoms with Crippen molar-refractivity contribution in [2.24, 2.45) is 0 Å². The summed E-state index contributed by atoms with van der Waals surface area (Å²) in [5, 5.41) is 11.1. The summed E-state index contributed by atoms with van der Waals surface area (Å²) in [6, 6.07) is 20.2. The molecule has 5 rings (SSSR count). The molecule has 0 bridgehead atoms. The van der Waals surface area contributed by atoms with Gasteiger partial charge in [-0.25, -0.2) is 0 Å². The zero-order chi connectivity index (χ0) is 18.2. The van der Waals surface area contributed by atoms with E-state index < -0.39 is 0 Å². The lowest BCUT2D eigenvalue weighted by atomic mass is 10.1. The summed E-state index contributed by atoms with van der Waals surface area (Å²) in [5.41, 5.74) is 3.77. The molecular formula is C22H15N3OS. The quantitative estimate of drug-likeness (QED) is 0.392. The van der Waals surface area contributed by atoms with Crippen LogP contribution in [-0.4, -0.2) is 15.2 Å². The van der Waals surface area contributed by atoms with Gasteiger partial charge in [-0.15, -0.1) is 21.5 Å². The maximum Gasteiger partial charge on any atom is 0.154 e. The fraction of sp³-hybridized carbons (Fsp3) is 0.0455. The van der Waals surface area contributed by atoms with Crippen molar-refractivity contribution in [2.75, 3.05) is 0 Å². The molecule has 27 heavy (non-hydrogen) atoms. The Kier molecular flexibility index (Phi) is 3.80. The van der Waals surface area contributed by atoms with E-state index >= 15 is 0 Å². The SMILES string of the molecule is Cc1ccc(-c2ccc(-c3nnc(-c4ccco4)c4ccccc34)s2)nc1. The highest BCUT2D eigenvalue weighted by molar-refractivity contribution is 7.18. The highest BCUT2D eigenvalue weighted by atomic mass is 32.1. The molecule has 0 aliphatic heterocycles. The molecule has 0 aliphatic carbocycles. The van der Waals surface area contributed by atoms with E-state index in [-0.39, 0.29) is 0 Å². The molecule has 4 aromatic heterocycles. The average Bonchev–Trinajstić information content (AvgIpc) is 3.40. The van der Waals surface area contributed by atoms with E-state index in [1.54, 1.807) is 17.6 Å². The molecular weight excluding hydrogens is 354 g/mol. The van der Waals surface area contributed by atoms with Crippen molar-refractivity contribution in [3.05, 3.63) is 78.7 Å². The number of hydrogen-bond acceptors (Lipinski definition) is 5. The number of rotatable bonds is 3. The predicted octanol–water partition coefficient (Wildman–Crippen LogP) is 5.99. The highest BCUT2D eigenvalue weighted by Gasteiger charge is 2.15. The molecule has 0 atom stereocenters. The van der Waals surface area contributed by atoms with E-state index in [1.807, 2.05) is 37.4 Å². The minimum absolute atomic E-state index is 0.723. The van der Waals surface area contributed by atoms with Crippen molar-refractivity contribution in [3.63, 3.8) is 0 Å². The molecule has 0 aliphatic rings. The number of thiophene rings is 1. The minimum Gasteiger partial charge on any atom is -0.463 e. The summed E-state index contributed by atoms with van der Waals surface area (Å²) in [4.78, 5) is 6.72. The first-order chi connectivity index (χ1) is 13.3. The fourth-order valence-electron chi connectivity index (χ4n) is 3.10. The van der Waals surface area contributed by atoms with Crippen LogP contribution < -0.4 is 0 Å². The molecule has 0 fully saturated rings. The molecule has 0 amide bonds. The minimum atomic E-state index is 0.723. The normalized spacial score (nSPS) is 11.1. The first-order valence-corrected chi connectivity index (χ1v) is 9.44. The van der Waals surface area contributed by atoms with Crippen molar-refractivity contribution >= 4 is 22.1 Å². The Morgan fingerprint density at radius 1 is 0.778 bits per heavy atom. The molecule has 0 radical (unpaired) electrons. The third-order valence-corrected chi connectivity index (χ3v) is 5.56. The van der Waals surface area contributed by atoms with Crippen molar-refractivity contribution in [3.8, 4) is 32.6 Å². The molecule has 5 heteroatoms. The van der Waals surface area contributed by atoms with Gasteiger partial charge in [0.05, 0.1) is 21.7 Å². The number of hydrogen-bond donors (Lipinski definition) is 0. The van der Waals surface area contributed by atoms with Crippen molar-refractivity contribution in [1.29, 1.82) is 0 Å². The first kappa shape index (κ1) is 15.9. The number of nitrogens with zero attached hydrogens (tertiary/aromatic N) is 3. The maximum absolute atomic E-state index is 5.54. The number of furan rings is 1. The molecule has 0 saturated heterocycles. The first-order valence-electron chi connectivity index (χ1n) is 8.62. The number of aromatic nitrogens is 3. The summed E-state index contributed by atoms with van der Waals surface area (Å²) < 4.78 is 5.54. The molecule has 4 nitrogen and oxygen atoms in total. The van der Waals surface area contributed by atoms with Gasteiger partial charge in [-0.05, 0) is 42.8 Å². The van der Waals surface area contributed by atoms with Crippen LogP contribution in [-0.2, 0) is 0 Å². The molecule has 5 aromatic rings. The summed E-state index contributed by atoms with van der Waals surface area (Å²) in [6.45, 7) is 2.04. The molecule has 130 valence electrons. The molecule has 0 unspecified atom stereocenters. The van der Waals surface area contributed by atoms with Crippen molar-refractivity contribution < 1.29 is 4.42 Å². The summed E-state index contributed by atoms with van der Waals surface area (Å²) in [7, 11) is 0. The van der Waals surface area contributed by atoms with Crippen LogP contribution in [0.1, 0.15) is 5.56 Å². The topological polar surface area (TPSA) is 51.8 Å². The lowest BCUT2D eigenvalue weighted by molar-refractivity contribution is 0.579. The highest BCUT2D eigenvalue weighted by Crippen LogP contribution is 2.37. The second-order valence-corrected chi connectivity index (χ2v) is 7.39. The number of benzene rings is 1. The summed E-state index contributed by atoms with van der Waals surface area (Å²) in [5.74, 6) is 0.723. The van der Waals surface area contributed by atoms with Crippen LogP contribution in [0.3, 0.4) is 0 Å². The van der Waals surface area contributed by atoms with Crippen molar-refractivity contribution in [1.82, 2.24) is 15.2 Å². The molecule has 0 spiro atoms. The number of fused-ring (bicyclic) bond motifs is 1. The maximum atomic E-state index is 5.54. The van der Waals surface area contributed by atoms with E-state index in [4.69, 9.17) is 4.42 Å². The Balaban J connectivity index is 1.64. The van der Waals surface area contributed by atoms with Gasteiger partial charge < -0.3 is 4.42 Å². The second kappa shape index (κ2) is 6.45. The number of aryl methyl sites for hydroxylation is 1. The molecule has 0 saturated carbocycles. The molecule has 4 heterocycles. The van der Waals surface area contributed by atoms with E-state index in [0.717, 1.165) is 48.9 Å². The Bertz CT molecular complexity index is 1220. The van der Waals surface area contributed by atoms with Crippen LogP contribution in [0.25, 0.3) is 43.4 Å². The van der Waals surface area contributed by atoms with Crippen LogP contribution in [0, 0.1) is 6.92 Å². The summed E-state index contributed by atoms with van der Waals surface area (Å²) >= 11 is 1.67. The molecule has 0 N–H and O–H groups in total. The van der Waals surface area contributed by atoms with E-state index in [2.05, 4.69) is 51.6 Å². The van der Waals surface area contributed by atoms with Gasteiger partial charge in [0.2, 0.25) is 0 Å². The fourth-order valence-corrected chi connectivity index (χ4v) is 4.08. The lowest BCUT2D eigenvalue weighted by Crippen LogP contribution is -1.92. The predicted molar refractivity (Wildman–Crippen MR) is 109 cm³/mol. The lowest BCUT2D eigenvalue weighted by Gasteiger charge is -2.06. The van der Waals surface area contributed by atoms with Gasteiger partial charge >= 0.3 is 0 Å².